The summed E-state index contributed by atoms with van der Waals surface area (Å²) in [4.78, 5) is 0. The molecule has 1 heterocycles. The Morgan fingerprint density at radius 3 is 2.89 bits per heavy atom. The van der Waals surface area contributed by atoms with Gasteiger partial charge in [0.2, 0.25) is 0 Å². The van der Waals surface area contributed by atoms with Crippen molar-refractivity contribution in [1.29, 1.82) is 0 Å². The van der Waals surface area contributed by atoms with Gasteiger partial charge < -0.3 is 10.1 Å². The Balaban J connectivity index is 2.15. The lowest BCUT2D eigenvalue weighted by molar-refractivity contribution is 0.416. The first-order valence-corrected chi connectivity index (χ1v) is 6.60. The lowest BCUT2D eigenvalue weighted by Crippen LogP contribution is -2.02. The van der Waals surface area contributed by atoms with Gasteiger partial charge in [-0.25, -0.2) is 0 Å². The van der Waals surface area contributed by atoms with Crippen LogP contribution in [-0.4, -0.2) is 16.9 Å². The number of aromatic nitrogens is 2. The Labute approximate surface area is 118 Å². The minimum absolute atomic E-state index is 0.685. The molecule has 1 aromatic carbocycles. The number of methoxy groups -OCH3 is 1. The molecule has 0 saturated carbocycles. The third-order valence-corrected chi connectivity index (χ3v) is 3.19. The maximum Gasteiger partial charge on any atom is 0.142 e. The van der Waals surface area contributed by atoms with Crippen LogP contribution in [0.5, 0.6) is 5.75 Å². The van der Waals surface area contributed by atoms with Gasteiger partial charge >= 0.3 is 0 Å². The van der Waals surface area contributed by atoms with Crippen LogP contribution in [0, 0.1) is 0 Å². The number of nitrogens with one attached hydrogen (secondary N) is 1. The highest BCUT2D eigenvalue weighted by atomic mass is 35.5. The van der Waals surface area contributed by atoms with E-state index in [0.29, 0.717) is 11.6 Å². The van der Waals surface area contributed by atoms with Crippen molar-refractivity contribution in [2.24, 2.45) is 7.05 Å². The molecule has 0 fully saturated rings. The molecule has 5 heteroatoms. The largest absolute Gasteiger partial charge is 0.495 e. The van der Waals surface area contributed by atoms with Crippen molar-refractivity contribution in [3.63, 3.8) is 0 Å². The van der Waals surface area contributed by atoms with Crippen LogP contribution in [0.2, 0.25) is 5.02 Å². The van der Waals surface area contributed by atoms with Gasteiger partial charge in [0.1, 0.15) is 5.75 Å². The molecule has 0 unspecified atom stereocenters. The molecule has 0 saturated heterocycles. The van der Waals surface area contributed by atoms with Gasteiger partial charge in [-0.15, -0.1) is 0 Å². The van der Waals surface area contributed by atoms with Crippen LogP contribution in [0.1, 0.15) is 18.2 Å². The van der Waals surface area contributed by atoms with E-state index in [2.05, 4.69) is 17.3 Å². The Kier molecular flexibility index (Phi) is 4.32. The molecule has 0 bridgehead atoms. The third-order valence-electron chi connectivity index (χ3n) is 2.96. The van der Waals surface area contributed by atoms with E-state index in [-0.39, 0.29) is 0 Å². The second-order valence-electron chi connectivity index (χ2n) is 4.33. The number of hydrogen-bond acceptors (Lipinski definition) is 3. The molecule has 0 spiro atoms. The Morgan fingerprint density at radius 2 is 2.21 bits per heavy atom. The summed E-state index contributed by atoms with van der Waals surface area (Å²) in [7, 11) is 3.58. The average molecular weight is 280 g/mol. The molecule has 1 aromatic heterocycles. The zero-order valence-electron chi connectivity index (χ0n) is 11.4. The fourth-order valence-electron chi connectivity index (χ4n) is 2.04. The predicted octanol–water partition coefficient (Wildman–Crippen LogP) is 3.26. The van der Waals surface area contributed by atoms with Crippen molar-refractivity contribution in [2.45, 2.75) is 19.9 Å². The van der Waals surface area contributed by atoms with Gasteiger partial charge in [-0.1, -0.05) is 18.5 Å². The summed E-state index contributed by atoms with van der Waals surface area (Å²) in [5.74, 6) is 0.784. The SMILES string of the molecule is CCc1nn(C)cc1CNc1cc(Cl)ccc1OC. The maximum atomic E-state index is 6.01. The molecule has 0 aliphatic heterocycles. The summed E-state index contributed by atoms with van der Waals surface area (Å²) in [5, 5.41) is 8.45. The van der Waals surface area contributed by atoms with E-state index in [1.165, 1.54) is 5.56 Å². The van der Waals surface area contributed by atoms with Gasteiger partial charge in [-0.3, -0.25) is 4.68 Å². The van der Waals surface area contributed by atoms with Gasteiger partial charge in [0, 0.05) is 30.4 Å². The standard InChI is InChI=1S/C14H18ClN3O/c1-4-12-10(9-18(2)17-12)8-16-13-7-11(15)5-6-14(13)19-3/h5-7,9,16H,4,8H2,1-3H3. The number of rotatable bonds is 5. The molecular weight excluding hydrogens is 262 g/mol. The normalized spacial score (nSPS) is 10.5. The first-order valence-electron chi connectivity index (χ1n) is 6.22. The quantitative estimate of drug-likeness (QED) is 0.913. The van der Waals surface area contributed by atoms with E-state index in [0.717, 1.165) is 23.6 Å². The van der Waals surface area contributed by atoms with E-state index < -0.39 is 0 Å². The summed E-state index contributed by atoms with van der Waals surface area (Å²) in [5.41, 5.74) is 3.18. The minimum Gasteiger partial charge on any atom is -0.495 e. The lowest BCUT2D eigenvalue weighted by atomic mass is 10.2. The van der Waals surface area contributed by atoms with Crippen molar-refractivity contribution >= 4 is 17.3 Å². The first kappa shape index (κ1) is 13.7. The number of halogens is 1. The monoisotopic (exact) mass is 279 g/mol. The van der Waals surface area contributed by atoms with Gasteiger partial charge in [0.05, 0.1) is 18.5 Å². The van der Waals surface area contributed by atoms with Crippen LogP contribution in [0.15, 0.2) is 24.4 Å². The smallest absolute Gasteiger partial charge is 0.142 e. The maximum absolute atomic E-state index is 6.01. The molecule has 19 heavy (non-hydrogen) atoms. The summed E-state index contributed by atoms with van der Waals surface area (Å²) in [6, 6.07) is 5.53. The van der Waals surface area contributed by atoms with Crippen molar-refractivity contribution in [1.82, 2.24) is 9.78 Å². The van der Waals surface area contributed by atoms with Crippen LogP contribution in [0.3, 0.4) is 0 Å². The zero-order valence-corrected chi connectivity index (χ0v) is 12.2. The minimum atomic E-state index is 0.685. The molecular formula is C14H18ClN3O. The summed E-state index contributed by atoms with van der Waals surface area (Å²) in [6.07, 6.45) is 2.95. The Morgan fingerprint density at radius 1 is 1.42 bits per heavy atom. The third kappa shape index (κ3) is 3.20. The highest BCUT2D eigenvalue weighted by molar-refractivity contribution is 6.30. The average Bonchev–Trinajstić information content (AvgIpc) is 2.77. The van der Waals surface area contributed by atoms with Gasteiger partial charge in [-0.05, 0) is 24.6 Å². The second-order valence-corrected chi connectivity index (χ2v) is 4.76. The van der Waals surface area contributed by atoms with Gasteiger partial charge in [0.25, 0.3) is 0 Å². The topological polar surface area (TPSA) is 39.1 Å². The Bertz CT molecular complexity index is 566. The molecule has 0 radical (unpaired) electrons. The second kappa shape index (κ2) is 5.97. The number of anilines is 1. The van der Waals surface area contributed by atoms with Gasteiger partial charge in [0.15, 0.2) is 0 Å². The Hall–Kier alpha value is -1.68. The summed E-state index contributed by atoms with van der Waals surface area (Å²) >= 11 is 6.01. The van der Waals surface area contributed by atoms with Crippen molar-refractivity contribution in [3.05, 3.63) is 40.7 Å². The molecule has 0 amide bonds. The fourth-order valence-corrected chi connectivity index (χ4v) is 2.21. The van der Waals surface area contributed by atoms with E-state index in [4.69, 9.17) is 16.3 Å². The molecule has 0 aliphatic rings. The summed E-state index contributed by atoms with van der Waals surface area (Å²) in [6.45, 7) is 2.81. The molecule has 0 atom stereocenters. The highest BCUT2D eigenvalue weighted by Crippen LogP contribution is 2.28. The van der Waals surface area contributed by atoms with E-state index >= 15 is 0 Å². The van der Waals surface area contributed by atoms with Crippen LogP contribution in [0.25, 0.3) is 0 Å². The van der Waals surface area contributed by atoms with Crippen molar-refractivity contribution in [2.75, 3.05) is 12.4 Å². The zero-order chi connectivity index (χ0) is 13.8. The van der Waals surface area contributed by atoms with Crippen LogP contribution < -0.4 is 10.1 Å². The molecule has 2 aromatic rings. The molecule has 0 aliphatic carbocycles. The number of nitrogens with zero attached hydrogens (tertiary/aromatic N) is 2. The number of aryl methyl sites for hydroxylation is 2. The van der Waals surface area contributed by atoms with Crippen molar-refractivity contribution in [3.8, 4) is 5.75 Å². The first-order chi connectivity index (χ1) is 9.13. The van der Waals surface area contributed by atoms with E-state index in [9.17, 15) is 0 Å². The fraction of sp³-hybridized carbons (Fsp3) is 0.357. The van der Waals surface area contributed by atoms with Gasteiger partial charge in [-0.2, -0.15) is 5.10 Å². The van der Waals surface area contributed by atoms with E-state index in [1.807, 2.05) is 36.1 Å². The van der Waals surface area contributed by atoms with Crippen LogP contribution in [-0.2, 0) is 20.0 Å². The summed E-state index contributed by atoms with van der Waals surface area (Å²) < 4.78 is 7.15. The molecule has 1 N–H and O–H groups in total. The molecule has 4 nitrogen and oxygen atoms in total. The van der Waals surface area contributed by atoms with Crippen molar-refractivity contribution < 1.29 is 4.74 Å². The van der Waals surface area contributed by atoms with Crippen LogP contribution in [0.4, 0.5) is 5.69 Å². The number of hydrogen-bond donors (Lipinski definition) is 1. The molecule has 2 rings (SSSR count). The number of ether oxygens (including phenoxy) is 1. The number of benzene rings is 1. The van der Waals surface area contributed by atoms with Crippen LogP contribution >= 0.6 is 11.6 Å². The highest BCUT2D eigenvalue weighted by Gasteiger charge is 2.08. The van der Waals surface area contributed by atoms with E-state index in [1.54, 1.807) is 7.11 Å². The predicted molar refractivity (Wildman–Crippen MR) is 77.9 cm³/mol. The lowest BCUT2D eigenvalue weighted by Gasteiger charge is -2.11. The molecule has 102 valence electrons.